The normalized spacial score (nSPS) is 14.6. The Bertz CT molecular complexity index is 1520. The maximum Gasteiger partial charge on any atom is 0.333 e. The van der Waals surface area contributed by atoms with E-state index < -0.39 is 62.5 Å². The third-order valence-electron chi connectivity index (χ3n) is 10.9. The second-order valence-corrected chi connectivity index (χ2v) is 47.4. The number of aliphatic hydroxyl groups excluding tert-OH is 5. The largest absolute Gasteiger partial charge is 0.460 e. The molecule has 1 fully saturated rings. The van der Waals surface area contributed by atoms with Crippen molar-refractivity contribution in [1.82, 2.24) is 10.2 Å². The number of epoxide rings is 1. The van der Waals surface area contributed by atoms with Gasteiger partial charge >= 0.3 is 29.1 Å². The van der Waals surface area contributed by atoms with Crippen LogP contribution in [-0.4, -0.2) is 237 Å². The Labute approximate surface area is 465 Å². The number of carbonyl (C=O) groups excluding carboxylic acids is 2. The molecule has 1 saturated heterocycles. The number of nitrogens with one attached hydrogen (secondary N) is 1. The molecule has 0 spiro atoms. The first-order chi connectivity index (χ1) is 35.4. The summed E-state index contributed by atoms with van der Waals surface area (Å²) in [6.45, 7) is 45.1. The van der Waals surface area contributed by atoms with E-state index in [1.807, 2.05) is 4.90 Å². The minimum absolute atomic E-state index is 0.0128. The van der Waals surface area contributed by atoms with Crippen molar-refractivity contribution in [2.45, 2.75) is 154 Å². The Balaban J connectivity index is 0. The van der Waals surface area contributed by atoms with Gasteiger partial charge in [-0.05, 0) is 142 Å². The van der Waals surface area contributed by atoms with Gasteiger partial charge in [0.25, 0.3) is 0 Å². The molecule has 2 unspecified atom stereocenters. The topological polar surface area (TPSA) is 255 Å². The number of aliphatic hydroxyl groups is 5. The number of rotatable bonds is 46. The van der Waals surface area contributed by atoms with Gasteiger partial charge < -0.3 is 80.5 Å². The SMILES string of the molecule is C=C(C)C(=O)OCCOCCC[Si](C)(C)O[Si](C)(C)O[Si](C)(C)CCCOCC(O)CN(CCO)CCO.C=C(C)C(=O)OCCOCCC[Si](C)(C)O[Si](C)(C)O[Si](C)(C)CCCOCC1CO1.OCCNCCO. The minimum atomic E-state index is -2.31. The third-order valence-corrected chi connectivity index (χ3v) is 33.8. The van der Waals surface area contributed by atoms with Crippen LogP contribution in [0.3, 0.4) is 0 Å². The number of carbonyl (C=O) groups is 2. The second-order valence-electron chi connectivity index (χ2n) is 22.4. The number of nitrogens with zero attached hydrogens (tertiary/aromatic N) is 1. The number of esters is 2. The Morgan fingerprint density at radius 3 is 1.21 bits per heavy atom. The van der Waals surface area contributed by atoms with Crippen LogP contribution in [0.25, 0.3) is 0 Å². The van der Waals surface area contributed by atoms with Gasteiger partial charge in [0.2, 0.25) is 0 Å². The Hall–Kier alpha value is -0.919. The van der Waals surface area contributed by atoms with Crippen LogP contribution < -0.4 is 5.32 Å². The molecule has 1 aliphatic heterocycles. The zero-order valence-corrected chi connectivity index (χ0v) is 55.9. The van der Waals surface area contributed by atoms with E-state index in [9.17, 15) is 14.7 Å². The maximum absolute atomic E-state index is 11.4. The predicted molar refractivity (Wildman–Crippen MR) is 315 cm³/mol. The minimum Gasteiger partial charge on any atom is -0.460 e. The van der Waals surface area contributed by atoms with Crippen LogP contribution in [0.5, 0.6) is 0 Å². The molecule has 0 aromatic rings. The van der Waals surface area contributed by atoms with Gasteiger partial charge in [-0.25, -0.2) is 9.59 Å². The van der Waals surface area contributed by atoms with E-state index in [1.165, 1.54) is 0 Å². The van der Waals surface area contributed by atoms with Crippen molar-refractivity contribution in [2.24, 2.45) is 0 Å². The fourth-order valence-corrected chi connectivity index (χ4v) is 35.9. The van der Waals surface area contributed by atoms with E-state index in [-0.39, 0.29) is 52.2 Å². The fraction of sp³-hybridized carbons (Fsp3) is 0.880. The van der Waals surface area contributed by atoms with Crippen LogP contribution in [0.4, 0.5) is 0 Å². The molecule has 2 atom stereocenters. The van der Waals surface area contributed by atoms with Crippen LogP contribution in [0, 0.1) is 0 Å². The fourth-order valence-electron chi connectivity index (χ4n) is 7.95. The van der Waals surface area contributed by atoms with E-state index in [2.05, 4.69) is 97.0 Å². The first-order valence-corrected chi connectivity index (χ1v) is 45.4. The van der Waals surface area contributed by atoms with E-state index in [1.54, 1.807) is 13.8 Å². The van der Waals surface area contributed by atoms with Gasteiger partial charge in [0.05, 0.1) is 65.6 Å². The molecule has 0 amide bonds. The molecule has 1 aliphatic rings. The van der Waals surface area contributed by atoms with Crippen LogP contribution in [0.1, 0.15) is 39.5 Å². The highest BCUT2D eigenvalue weighted by atomic mass is 28.5. The average molecular weight is 1200 g/mol. The summed E-state index contributed by atoms with van der Waals surface area (Å²) in [7, 11) is -12.0. The maximum atomic E-state index is 11.4. The molecule has 0 aliphatic carbocycles. The Kier molecular flexibility index (Phi) is 43.5. The lowest BCUT2D eigenvalue weighted by molar-refractivity contribution is -0.141. The van der Waals surface area contributed by atoms with E-state index in [0.717, 1.165) is 69.7 Å². The van der Waals surface area contributed by atoms with Crippen molar-refractivity contribution >= 4 is 62.3 Å². The molecule has 1 heterocycles. The molecule has 0 radical (unpaired) electrons. The van der Waals surface area contributed by atoms with E-state index >= 15 is 0 Å². The van der Waals surface area contributed by atoms with E-state index in [0.29, 0.717) is 83.0 Å². The lowest BCUT2D eigenvalue weighted by atomic mass is 10.3. The molecule has 76 heavy (non-hydrogen) atoms. The van der Waals surface area contributed by atoms with E-state index in [4.69, 9.17) is 70.0 Å². The zero-order chi connectivity index (χ0) is 58.3. The lowest BCUT2D eigenvalue weighted by Gasteiger charge is -2.39. The molecular formula is C50H110N2O18Si6. The molecule has 26 heteroatoms. The van der Waals surface area contributed by atoms with Gasteiger partial charge in [-0.3, -0.25) is 4.90 Å². The van der Waals surface area contributed by atoms with Crippen LogP contribution in [0.2, 0.25) is 103 Å². The summed E-state index contributed by atoms with van der Waals surface area (Å²) in [5.74, 6) is -0.762. The quantitative estimate of drug-likeness (QED) is 0.0140. The smallest absolute Gasteiger partial charge is 0.333 e. The van der Waals surface area contributed by atoms with Gasteiger partial charge in [-0.2, -0.15) is 0 Å². The number of hydrogen-bond donors (Lipinski definition) is 6. The lowest BCUT2D eigenvalue weighted by Crippen LogP contribution is -2.52. The molecule has 0 saturated carbocycles. The summed E-state index contributed by atoms with van der Waals surface area (Å²) in [5.41, 5.74) is 0.791. The molecule has 0 aromatic carbocycles. The Morgan fingerprint density at radius 2 is 0.895 bits per heavy atom. The second kappa shape index (κ2) is 42.9. The van der Waals surface area contributed by atoms with Crippen molar-refractivity contribution < 1.29 is 84.7 Å². The molecule has 1 rings (SSSR count). The summed E-state index contributed by atoms with van der Waals surface area (Å²) in [4.78, 5) is 24.5. The number of hydrogen-bond acceptors (Lipinski definition) is 20. The summed E-state index contributed by atoms with van der Waals surface area (Å²) >= 11 is 0. The highest BCUT2D eigenvalue weighted by Gasteiger charge is 2.40. The predicted octanol–water partition coefficient (Wildman–Crippen LogP) is 5.74. The molecular weight excluding hydrogens is 1090 g/mol. The molecule has 452 valence electrons. The average Bonchev–Trinajstić information content (AvgIpc) is 4.11. The molecule has 20 nitrogen and oxygen atoms in total. The highest BCUT2D eigenvalue weighted by Crippen LogP contribution is 2.28. The van der Waals surface area contributed by atoms with Crippen molar-refractivity contribution in [2.75, 3.05) is 132 Å². The van der Waals surface area contributed by atoms with Crippen molar-refractivity contribution in [3.05, 3.63) is 24.3 Å². The zero-order valence-electron chi connectivity index (χ0n) is 49.9. The first kappa shape index (κ1) is 77.2. The molecule has 0 bridgehead atoms. The molecule has 6 N–H and O–H groups in total. The summed E-state index contributed by atoms with van der Waals surface area (Å²) in [6, 6.07) is 3.99. The van der Waals surface area contributed by atoms with Gasteiger partial charge in [-0.15, -0.1) is 0 Å². The van der Waals surface area contributed by atoms with Crippen molar-refractivity contribution in [3.8, 4) is 0 Å². The summed E-state index contributed by atoms with van der Waals surface area (Å²) in [6.07, 6.45) is 3.37. The Morgan fingerprint density at radius 1 is 0.553 bits per heavy atom. The summed E-state index contributed by atoms with van der Waals surface area (Å²) in [5, 5.41) is 47.4. The van der Waals surface area contributed by atoms with Crippen LogP contribution in [0.15, 0.2) is 24.3 Å². The van der Waals surface area contributed by atoms with Gasteiger partial charge in [0, 0.05) is 70.3 Å². The van der Waals surface area contributed by atoms with Gasteiger partial charge in [0.1, 0.15) is 19.3 Å². The van der Waals surface area contributed by atoms with Gasteiger partial charge in [-0.1, -0.05) is 13.2 Å². The molecule has 0 aromatic heterocycles. The third kappa shape index (κ3) is 48.9. The monoisotopic (exact) mass is 1190 g/mol. The summed E-state index contributed by atoms with van der Waals surface area (Å²) < 4.78 is 64.2. The highest BCUT2D eigenvalue weighted by molar-refractivity contribution is 6.88. The van der Waals surface area contributed by atoms with Crippen LogP contribution in [-0.2, 0) is 59.2 Å². The first-order valence-electron chi connectivity index (χ1n) is 27.3. The van der Waals surface area contributed by atoms with Crippen molar-refractivity contribution in [1.29, 1.82) is 0 Å². The standard InChI is InChI=1S/C25H55NO9Si3.C21H44O7Si3.C4H11NO2/c1-23(2)25(30)33-18-17-31-15-9-19-36(3,4)34-38(7,8)35-37(5,6)20-10-16-32-22-24(29)21-26(11-13-27)12-14-28;1-19(2)21(22)25-14-13-23-11-9-15-29(3,4)27-31(7,8)28-30(5,6)16-10-12-24-17-20-18-26-20;6-3-1-5-2-4-7/h24,27-29H,1,9-22H2,2-8H3;20H,1,9-18H2,2-8H3;5-7H,1-4H2. The van der Waals surface area contributed by atoms with Crippen molar-refractivity contribution in [3.63, 3.8) is 0 Å². The number of ether oxygens (including phenoxy) is 7. The van der Waals surface area contributed by atoms with Gasteiger partial charge in [0.15, 0.2) is 33.3 Å². The van der Waals surface area contributed by atoms with Crippen LogP contribution >= 0.6 is 0 Å².